The van der Waals surface area contributed by atoms with E-state index in [1.165, 1.54) is 13.2 Å². The minimum absolute atomic E-state index is 0.0883. The van der Waals surface area contributed by atoms with Crippen molar-refractivity contribution in [2.45, 2.75) is 25.4 Å². The zero-order valence-electron chi connectivity index (χ0n) is 11.8. The molecule has 0 bridgehead atoms. The predicted octanol–water partition coefficient (Wildman–Crippen LogP) is 3.08. The van der Waals surface area contributed by atoms with Crippen molar-refractivity contribution in [1.82, 2.24) is 0 Å². The summed E-state index contributed by atoms with van der Waals surface area (Å²) < 4.78 is 9.97. The first-order chi connectivity index (χ1) is 9.46. The molecule has 0 saturated carbocycles. The van der Waals surface area contributed by atoms with Gasteiger partial charge in [-0.1, -0.05) is 44.2 Å². The van der Waals surface area contributed by atoms with Gasteiger partial charge in [0.2, 0.25) is 5.76 Å². The fourth-order valence-electron chi connectivity index (χ4n) is 2.09. The summed E-state index contributed by atoms with van der Waals surface area (Å²) in [6.07, 6.45) is -0.858. The van der Waals surface area contributed by atoms with E-state index in [0.29, 0.717) is 5.76 Å². The van der Waals surface area contributed by atoms with Crippen LogP contribution in [-0.2, 0) is 10.2 Å². The molecule has 4 heteroatoms. The molecule has 1 heterocycles. The van der Waals surface area contributed by atoms with Crippen LogP contribution < -0.4 is 0 Å². The Morgan fingerprint density at radius 3 is 2.45 bits per heavy atom. The van der Waals surface area contributed by atoms with Gasteiger partial charge in [0.15, 0.2) is 0 Å². The van der Waals surface area contributed by atoms with Gasteiger partial charge >= 0.3 is 5.97 Å². The molecule has 1 aromatic heterocycles. The molecule has 0 amide bonds. The van der Waals surface area contributed by atoms with Crippen molar-refractivity contribution in [3.05, 3.63) is 59.5 Å². The number of ether oxygens (including phenoxy) is 1. The van der Waals surface area contributed by atoms with Crippen LogP contribution in [0.25, 0.3) is 0 Å². The molecule has 1 unspecified atom stereocenters. The van der Waals surface area contributed by atoms with Crippen LogP contribution in [0.1, 0.15) is 41.8 Å². The average molecular weight is 274 g/mol. The van der Waals surface area contributed by atoms with Gasteiger partial charge in [-0.15, -0.1) is 0 Å². The summed E-state index contributed by atoms with van der Waals surface area (Å²) in [7, 11) is 1.29. The summed E-state index contributed by atoms with van der Waals surface area (Å²) in [5.41, 5.74) is 0.454. The molecule has 0 aliphatic carbocycles. The molecular formula is C16H18O4. The Morgan fingerprint density at radius 1 is 1.20 bits per heavy atom. The molecule has 0 radical (unpaired) electrons. The standard InChI is InChI=1S/C16H18O4/c1-16(2,11-7-5-4-6-8-11)14(17)12-9-10-13(20-12)15(18)19-3/h4-10,14,17H,1-3H3. The van der Waals surface area contributed by atoms with E-state index in [-0.39, 0.29) is 5.76 Å². The van der Waals surface area contributed by atoms with Crippen molar-refractivity contribution in [3.63, 3.8) is 0 Å². The Bertz CT molecular complexity index is 584. The number of hydrogen-bond acceptors (Lipinski definition) is 4. The first-order valence-electron chi connectivity index (χ1n) is 6.38. The lowest BCUT2D eigenvalue weighted by Gasteiger charge is -2.29. The number of methoxy groups -OCH3 is 1. The second kappa shape index (κ2) is 5.51. The van der Waals surface area contributed by atoms with Crippen LogP contribution in [0.3, 0.4) is 0 Å². The SMILES string of the molecule is COC(=O)c1ccc(C(O)C(C)(C)c2ccccc2)o1. The molecule has 20 heavy (non-hydrogen) atoms. The fourth-order valence-corrected chi connectivity index (χ4v) is 2.09. The van der Waals surface area contributed by atoms with Crippen LogP contribution in [0.5, 0.6) is 0 Å². The van der Waals surface area contributed by atoms with Gasteiger partial charge in [0.1, 0.15) is 11.9 Å². The van der Waals surface area contributed by atoms with Gasteiger partial charge < -0.3 is 14.3 Å². The minimum atomic E-state index is -0.858. The second-order valence-corrected chi connectivity index (χ2v) is 5.18. The van der Waals surface area contributed by atoms with E-state index in [4.69, 9.17) is 4.42 Å². The highest BCUT2D eigenvalue weighted by atomic mass is 16.5. The van der Waals surface area contributed by atoms with Crippen LogP contribution in [0.15, 0.2) is 46.9 Å². The lowest BCUT2D eigenvalue weighted by atomic mass is 9.78. The van der Waals surface area contributed by atoms with Crippen molar-refractivity contribution in [2.75, 3.05) is 7.11 Å². The first kappa shape index (κ1) is 14.3. The summed E-state index contributed by atoms with van der Waals surface area (Å²) in [4.78, 5) is 11.4. The molecule has 0 aliphatic rings. The zero-order valence-corrected chi connectivity index (χ0v) is 11.8. The van der Waals surface area contributed by atoms with Crippen LogP contribution in [-0.4, -0.2) is 18.2 Å². The van der Waals surface area contributed by atoms with Gasteiger partial charge in [-0.2, -0.15) is 0 Å². The lowest BCUT2D eigenvalue weighted by molar-refractivity contribution is 0.0527. The highest BCUT2D eigenvalue weighted by Gasteiger charge is 2.33. The van der Waals surface area contributed by atoms with Crippen molar-refractivity contribution >= 4 is 5.97 Å². The number of hydrogen-bond donors (Lipinski definition) is 1. The molecule has 1 N–H and O–H groups in total. The molecule has 2 rings (SSSR count). The van der Waals surface area contributed by atoms with E-state index in [0.717, 1.165) is 5.56 Å². The number of benzene rings is 1. The molecule has 0 aliphatic heterocycles. The summed E-state index contributed by atoms with van der Waals surface area (Å²) in [6.45, 7) is 3.85. The van der Waals surface area contributed by atoms with Crippen LogP contribution >= 0.6 is 0 Å². The molecular weight excluding hydrogens is 256 g/mol. The van der Waals surface area contributed by atoms with E-state index in [1.807, 2.05) is 44.2 Å². The lowest BCUT2D eigenvalue weighted by Crippen LogP contribution is -2.26. The Balaban J connectivity index is 2.28. The first-order valence-corrected chi connectivity index (χ1v) is 6.38. The van der Waals surface area contributed by atoms with E-state index in [9.17, 15) is 9.90 Å². The van der Waals surface area contributed by atoms with Crippen LogP contribution in [0.2, 0.25) is 0 Å². The van der Waals surface area contributed by atoms with Gasteiger partial charge in [0.25, 0.3) is 0 Å². The Labute approximate surface area is 118 Å². The monoisotopic (exact) mass is 274 g/mol. The molecule has 4 nitrogen and oxygen atoms in total. The highest BCUT2D eigenvalue weighted by Crippen LogP contribution is 2.37. The molecule has 1 aromatic carbocycles. The number of rotatable bonds is 4. The van der Waals surface area contributed by atoms with Crippen molar-refractivity contribution in [1.29, 1.82) is 0 Å². The van der Waals surface area contributed by atoms with Gasteiger partial charge in [0.05, 0.1) is 7.11 Å². The van der Waals surface area contributed by atoms with E-state index in [1.54, 1.807) is 6.07 Å². The Kier molecular flexibility index (Phi) is 3.95. The predicted molar refractivity (Wildman–Crippen MR) is 74.5 cm³/mol. The van der Waals surface area contributed by atoms with Crippen molar-refractivity contribution in [2.24, 2.45) is 0 Å². The topological polar surface area (TPSA) is 59.7 Å². The van der Waals surface area contributed by atoms with Crippen LogP contribution in [0.4, 0.5) is 0 Å². The summed E-state index contributed by atoms with van der Waals surface area (Å²) in [5, 5.41) is 10.5. The third-order valence-electron chi connectivity index (χ3n) is 3.48. The zero-order chi connectivity index (χ0) is 14.8. The summed E-state index contributed by atoms with van der Waals surface area (Å²) >= 11 is 0. The quantitative estimate of drug-likeness (QED) is 0.870. The van der Waals surface area contributed by atoms with E-state index < -0.39 is 17.5 Å². The number of carbonyl (C=O) groups excluding carboxylic acids is 1. The number of aliphatic hydroxyl groups excluding tert-OH is 1. The number of esters is 1. The Morgan fingerprint density at radius 2 is 1.85 bits per heavy atom. The average Bonchev–Trinajstić information content (AvgIpc) is 2.96. The highest BCUT2D eigenvalue weighted by molar-refractivity contribution is 5.86. The van der Waals surface area contributed by atoms with Gasteiger partial charge in [0, 0.05) is 5.41 Å². The third kappa shape index (κ3) is 2.60. The van der Waals surface area contributed by atoms with E-state index in [2.05, 4.69) is 4.74 Å². The molecule has 1 atom stereocenters. The summed E-state index contributed by atoms with van der Waals surface area (Å²) in [6, 6.07) is 12.8. The smallest absolute Gasteiger partial charge is 0.373 e. The largest absolute Gasteiger partial charge is 0.463 e. The van der Waals surface area contributed by atoms with Gasteiger partial charge in [-0.3, -0.25) is 0 Å². The normalized spacial score (nSPS) is 13.0. The summed E-state index contributed by atoms with van der Waals surface area (Å²) in [5.74, 6) is -0.120. The number of carbonyl (C=O) groups is 1. The second-order valence-electron chi connectivity index (χ2n) is 5.18. The third-order valence-corrected chi connectivity index (χ3v) is 3.48. The molecule has 0 fully saturated rings. The Hall–Kier alpha value is -2.07. The van der Waals surface area contributed by atoms with Gasteiger partial charge in [-0.05, 0) is 17.7 Å². The van der Waals surface area contributed by atoms with E-state index >= 15 is 0 Å². The minimum Gasteiger partial charge on any atom is -0.463 e. The fraction of sp³-hybridized carbons (Fsp3) is 0.312. The maximum atomic E-state index is 11.4. The maximum absolute atomic E-state index is 11.4. The number of furan rings is 1. The maximum Gasteiger partial charge on any atom is 0.373 e. The van der Waals surface area contributed by atoms with Gasteiger partial charge in [-0.25, -0.2) is 4.79 Å². The molecule has 0 saturated heterocycles. The van der Waals surface area contributed by atoms with Crippen LogP contribution in [0, 0.1) is 0 Å². The van der Waals surface area contributed by atoms with Crippen molar-refractivity contribution in [3.8, 4) is 0 Å². The molecule has 106 valence electrons. The van der Waals surface area contributed by atoms with Crippen molar-refractivity contribution < 1.29 is 19.1 Å². The number of aliphatic hydroxyl groups is 1. The molecule has 2 aromatic rings. The molecule has 0 spiro atoms.